The minimum absolute atomic E-state index is 0.105. The number of amides is 1. The fraction of sp³-hybridized carbons (Fsp3) is 0.190. The van der Waals surface area contributed by atoms with Crippen LogP contribution in [0.15, 0.2) is 60.9 Å². The van der Waals surface area contributed by atoms with Gasteiger partial charge in [-0.15, -0.1) is 15.3 Å². The van der Waals surface area contributed by atoms with E-state index in [1.165, 1.54) is 0 Å². The first-order valence-corrected chi connectivity index (χ1v) is 9.38. The maximum Gasteiger partial charge on any atom is 0.251 e. The van der Waals surface area contributed by atoms with Crippen LogP contribution in [-0.2, 0) is 13.0 Å². The number of pyridine rings is 1. The Labute approximate surface area is 168 Å². The van der Waals surface area contributed by atoms with E-state index < -0.39 is 0 Å². The second kappa shape index (κ2) is 8.47. The lowest BCUT2D eigenvalue weighted by molar-refractivity contribution is 0.0954. The minimum atomic E-state index is -0.105. The van der Waals surface area contributed by atoms with Gasteiger partial charge < -0.3 is 10.6 Å². The Bertz CT molecular complexity index is 1110. The topological polar surface area (TPSA) is 97.1 Å². The van der Waals surface area contributed by atoms with Gasteiger partial charge in [0.05, 0.1) is 0 Å². The normalized spacial score (nSPS) is 10.8. The molecule has 4 rings (SSSR count). The molecule has 0 aliphatic heterocycles. The van der Waals surface area contributed by atoms with Crippen molar-refractivity contribution < 1.29 is 4.79 Å². The SMILES string of the molecule is Cc1ccc(C(=O)NCCc2nnc3ccc(NCc4ccncc4)nn23)cc1. The number of hydrogen-bond donors (Lipinski definition) is 2. The molecule has 0 unspecified atom stereocenters. The molecule has 8 heteroatoms. The van der Waals surface area contributed by atoms with E-state index in [-0.39, 0.29) is 5.91 Å². The van der Waals surface area contributed by atoms with Crippen LogP contribution in [0, 0.1) is 6.92 Å². The van der Waals surface area contributed by atoms with E-state index in [0.29, 0.717) is 36.5 Å². The maximum absolute atomic E-state index is 12.2. The monoisotopic (exact) mass is 387 g/mol. The first-order valence-electron chi connectivity index (χ1n) is 9.38. The summed E-state index contributed by atoms with van der Waals surface area (Å²) < 4.78 is 1.70. The number of nitrogens with one attached hydrogen (secondary N) is 2. The molecule has 0 spiro atoms. The molecule has 0 atom stereocenters. The number of nitrogens with zero attached hydrogens (tertiary/aromatic N) is 5. The molecule has 146 valence electrons. The van der Waals surface area contributed by atoms with Gasteiger partial charge in [-0.25, -0.2) is 0 Å². The highest BCUT2D eigenvalue weighted by atomic mass is 16.1. The van der Waals surface area contributed by atoms with Gasteiger partial charge >= 0.3 is 0 Å². The van der Waals surface area contributed by atoms with Gasteiger partial charge in [0, 0.05) is 37.5 Å². The molecule has 1 aromatic carbocycles. The predicted molar refractivity (Wildman–Crippen MR) is 110 cm³/mol. The number of aromatic nitrogens is 5. The highest BCUT2D eigenvalue weighted by Crippen LogP contribution is 2.09. The molecule has 0 saturated heterocycles. The second-order valence-corrected chi connectivity index (χ2v) is 6.69. The lowest BCUT2D eigenvalue weighted by Gasteiger charge is -2.07. The minimum Gasteiger partial charge on any atom is -0.365 e. The van der Waals surface area contributed by atoms with E-state index in [1.807, 2.05) is 55.5 Å². The molecule has 2 N–H and O–H groups in total. The number of benzene rings is 1. The van der Waals surface area contributed by atoms with E-state index in [9.17, 15) is 4.79 Å². The van der Waals surface area contributed by atoms with Crippen molar-refractivity contribution >= 4 is 17.4 Å². The van der Waals surface area contributed by atoms with E-state index in [4.69, 9.17) is 0 Å². The van der Waals surface area contributed by atoms with Gasteiger partial charge in [-0.05, 0) is 48.9 Å². The molecule has 0 saturated carbocycles. The molecular weight excluding hydrogens is 366 g/mol. The molecule has 0 bridgehead atoms. The molecule has 0 radical (unpaired) electrons. The van der Waals surface area contributed by atoms with Crippen molar-refractivity contribution in [3.8, 4) is 0 Å². The number of anilines is 1. The summed E-state index contributed by atoms with van der Waals surface area (Å²) in [6, 6.07) is 15.1. The summed E-state index contributed by atoms with van der Waals surface area (Å²) in [5.41, 5.74) is 3.54. The van der Waals surface area contributed by atoms with Crippen LogP contribution in [0.25, 0.3) is 5.65 Å². The predicted octanol–water partition coefficient (Wildman–Crippen LogP) is 2.41. The second-order valence-electron chi connectivity index (χ2n) is 6.69. The number of carbonyl (C=O) groups is 1. The van der Waals surface area contributed by atoms with Gasteiger partial charge in [-0.2, -0.15) is 4.52 Å². The summed E-state index contributed by atoms with van der Waals surface area (Å²) in [5, 5.41) is 19.1. The zero-order chi connectivity index (χ0) is 20.1. The Morgan fingerprint density at radius 1 is 1.00 bits per heavy atom. The number of carbonyl (C=O) groups excluding carboxylic acids is 1. The fourth-order valence-corrected chi connectivity index (χ4v) is 2.87. The first kappa shape index (κ1) is 18.5. The van der Waals surface area contributed by atoms with E-state index in [1.54, 1.807) is 16.9 Å². The van der Waals surface area contributed by atoms with Crippen LogP contribution in [0.2, 0.25) is 0 Å². The summed E-state index contributed by atoms with van der Waals surface area (Å²) in [6.07, 6.45) is 4.05. The van der Waals surface area contributed by atoms with Crippen LogP contribution >= 0.6 is 0 Å². The highest BCUT2D eigenvalue weighted by Gasteiger charge is 2.09. The number of fused-ring (bicyclic) bond motifs is 1. The van der Waals surface area contributed by atoms with Crippen LogP contribution in [0.3, 0.4) is 0 Å². The molecular formula is C21H21N7O. The average Bonchev–Trinajstić information content (AvgIpc) is 3.16. The lowest BCUT2D eigenvalue weighted by Crippen LogP contribution is -2.26. The lowest BCUT2D eigenvalue weighted by atomic mass is 10.1. The number of hydrogen-bond acceptors (Lipinski definition) is 6. The standard InChI is InChI=1S/C21H21N7O/c1-15-2-4-17(5-3-15)21(29)23-13-10-20-26-25-19-7-6-18(27-28(19)20)24-14-16-8-11-22-12-9-16/h2-9,11-12H,10,13-14H2,1H3,(H,23,29)(H,24,27). The van der Waals surface area contributed by atoms with Crippen LogP contribution in [-0.4, -0.2) is 37.2 Å². The number of aryl methyl sites for hydroxylation is 1. The Balaban J connectivity index is 1.38. The van der Waals surface area contributed by atoms with Gasteiger partial charge in [-0.3, -0.25) is 9.78 Å². The van der Waals surface area contributed by atoms with Crippen LogP contribution < -0.4 is 10.6 Å². The summed E-state index contributed by atoms with van der Waals surface area (Å²) >= 11 is 0. The van der Waals surface area contributed by atoms with Crippen molar-refractivity contribution in [2.75, 3.05) is 11.9 Å². The van der Waals surface area contributed by atoms with E-state index in [2.05, 4.69) is 30.9 Å². The maximum atomic E-state index is 12.2. The molecule has 3 aromatic heterocycles. The summed E-state index contributed by atoms with van der Waals surface area (Å²) in [6.45, 7) is 3.08. The van der Waals surface area contributed by atoms with Gasteiger partial charge in [0.15, 0.2) is 11.5 Å². The molecule has 0 aliphatic rings. The van der Waals surface area contributed by atoms with Crippen molar-refractivity contribution in [2.24, 2.45) is 0 Å². The van der Waals surface area contributed by atoms with Crippen LogP contribution in [0.1, 0.15) is 27.3 Å². The van der Waals surface area contributed by atoms with Gasteiger partial charge in [0.1, 0.15) is 5.82 Å². The zero-order valence-corrected chi connectivity index (χ0v) is 16.0. The first-order chi connectivity index (χ1) is 14.2. The summed E-state index contributed by atoms with van der Waals surface area (Å²) in [4.78, 5) is 16.3. The quantitative estimate of drug-likeness (QED) is 0.505. The molecule has 29 heavy (non-hydrogen) atoms. The Kier molecular flexibility index (Phi) is 5.42. The van der Waals surface area contributed by atoms with E-state index in [0.717, 1.165) is 16.9 Å². The van der Waals surface area contributed by atoms with Crippen LogP contribution in [0.4, 0.5) is 5.82 Å². The summed E-state index contributed by atoms with van der Waals surface area (Å²) in [7, 11) is 0. The third kappa shape index (κ3) is 4.55. The Morgan fingerprint density at radius 2 is 1.79 bits per heavy atom. The molecule has 8 nitrogen and oxygen atoms in total. The number of rotatable bonds is 7. The van der Waals surface area contributed by atoms with Gasteiger partial charge in [0.25, 0.3) is 5.91 Å². The van der Waals surface area contributed by atoms with Crippen molar-refractivity contribution in [2.45, 2.75) is 19.9 Å². The molecule has 0 aliphatic carbocycles. The zero-order valence-electron chi connectivity index (χ0n) is 16.0. The van der Waals surface area contributed by atoms with Crippen molar-refractivity contribution in [1.29, 1.82) is 0 Å². The Morgan fingerprint density at radius 3 is 2.59 bits per heavy atom. The van der Waals surface area contributed by atoms with Crippen molar-refractivity contribution in [1.82, 2.24) is 30.1 Å². The van der Waals surface area contributed by atoms with E-state index >= 15 is 0 Å². The average molecular weight is 387 g/mol. The van der Waals surface area contributed by atoms with Gasteiger partial charge in [0.2, 0.25) is 0 Å². The third-order valence-electron chi connectivity index (χ3n) is 4.50. The fourth-order valence-electron chi connectivity index (χ4n) is 2.87. The smallest absolute Gasteiger partial charge is 0.251 e. The largest absolute Gasteiger partial charge is 0.365 e. The van der Waals surface area contributed by atoms with Crippen LogP contribution in [0.5, 0.6) is 0 Å². The highest BCUT2D eigenvalue weighted by molar-refractivity contribution is 5.94. The summed E-state index contributed by atoms with van der Waals surface area (Å²) in [5.74, 6) is 1.31. The van der Waals surface area contributed by atoms with Crippen molar-refractivity contribution in [3.05, 3.63) is 83.4 Å². The Hall–Kier alpha value is -3.81. The molecule has 3 heterocycles. The molecule has 0 fully saturated rings. The molecule has 1 amide bonds. The molecule has 4 aromatic rings. The van der Waals surface area contributed by atoms with Crippen molar-refractivity contribution in [3.63, 3.8) is 0 Å². The van der Waals surface area contributed by atoms with Gasteiger partial charge in [-0.1, -0.05) is 17.7 Å². The third-order valence-corrected chi connectivity index (χ3v) is 4.50.